The molecule has 0 radical (unpaired) electrons. The number of aliphatic hydroxyl groups is 1. The Hall–Kier alpha value is -3.80. The molecule has 2 amide bonds. The molecule has 1 spiro atoms. The minimum absolute atomic E-state index is 0.0117. The first kappa shape index (κ1) is 32.1. The molecule has 12 heteroatoms. The smallest absolute Gasteiger partial charge is 0.239 e. The van der Waals surface area contributed by atoms with Crippen molar-refractivity contribution in [2.75, 3.05) is 37.5 Å². The van der Waals surface area contributed by atoms with Crippen molar-refractivity contribution < 1.29 is 33.0 Å². The number of rotatable bonds is 8. The Balaban J connectivity index is 0.000000239. The van der Waals surface area contributed by atoms with Gasteiger partial charge in [0.05, 0.1) is 42.0 Å². The number of benzene rings is 2. The SMILES string of the molecule is CC(C)(C)CC1NCC(c2cccc(Cl)c2F)[C@]12C(=O)Nc1cc(F)cnc12.COc1cc(OCCO)ccc1NC=O. The monoisotopic (exact) mass is 616 g/mol. The molecule has 0 saturated carbocycles. The number of anilines is 2. The number of ether oxygens (including phenoxy) is 2. The lowest BCUT2D eigenvalue weighted by Crippen LogP contribution is -2.50. The number of hydrogen-bond acceptors (Lipinski definition) is 7. The van der Waals surface area contributed by atoms with E-state index in [0.717, 1.165) is 6.20 Å². The Bertz CT molecular complexity index is 1490. The minimum atomic E-state index is -1.14. The van der Waals surface area contributed by atoms with Crippen molar-refractivity contribution in [1.82, 2.24) is 10.3 Å². The number of fused-ring (bicyclic) bond motifs is 2. The van der Waals surface area contributed by atoms with Crippen molar-refractivity contribution in [3.05, 3.63) is 76.6 Å². The van der Waals surface area contributed by atoms with Gasteiger partial charge < -0.3 is 30.5 Å². The number of aromatic nitrogens is 1. The van der Waals surface area contributed by atoms with Crippen molar-refractivity contribution >= 4 is 35.3 Å². The van der Waals surface area contributed by atoms with Gasteiger partial charge >= 0.3 is 0 Å². The quantitative estimate of drug-likeness (QED) is 0.262. The number of amides is 2. The van der Waals surface area contributed by atoms with E-state index in [-0.39, 0.29) is 35.6 Å². The normalized spacial score (nSPS) is 20.6. The fraction of sp³-hybridized carbons (Fsp3) is 0.387. The number of nitrogens with zero attached hydrogens (tertiary/aromatic N) is 1. The first-order chi connectivity index (χ1) is 20.5. The average Bonchev–Trinajstić information content (AvgIpc) is 3.46. The van der Waals surface area contributed by atoms with E-state index in [1.54, 1.807) is 30.3 Å². The molecule has 230 valence electrons. The van der Waals surface area contributed by atoms with Crippen LogP contribution in [-0.2, 0) is 15.0 Å². The second kappa shape index (κ2) is 13.2. The van der Waals surface area contributed by atoms with Gasteiger partial charge in [0.25, 0.3) is 0 Å². The molecule has 3 aromatic rings. The molecule has 3 atom stereocenters. The Morgan fingerprint density at radius 1 is 1.23 bits per heavy atom. The Morgan fingerprint density at radius 3 is 2.67 bits per heavy atom. The molecular weight excluding hydrogens is 582 g/mol. The lowest BCUT2D eigenvalue weighted by molar-refractivity contribution is -0.122. The number of nitrogens with one attached hydrogen (secondary N) is 3. The molecule has 2 aliphatic rings. The number of methoxy groups -OCH3 is 1. The Kier molecular flexibility index (Phi) is 9.89. The first-order valence-electron chi connectivity index (χ1n) is 13.7. The van der Waals surface area contributed by atoms with Crippen molar-refractivity contribution in [2.24, 2.45) is 5.41 Å². The molecule has 5 rings (SSSR count). The van der Waals surface area contributed by atoms with Gasteiger partial charge in [-0.15, -0.1) is 0 Å². The zero-order chi connectivity index (χ0) is 31.4. The first-order valence-corrected chi connectivity index (χ1v) is 14.1. The fourth-order valence-electron chi connectivity index (χ4n) is 5.77. The highest BCUT2D eigenvalue weighted by Gasteiger charge is 2.62. The molecule has 2 unspecified atom stereocenters. The summed E-state index contributed by atoms with van der Waals surface area (Å²) in [4.78, 5) is 27.9. The van der Waals surface area contributed by atoms with Crippen LogP contribution in [0.4, 0.5) is 20.2 Å². The van der Waals surface area contributed by atoms with E-state index in [1.807, 2.05) is 0 Å². The van der Waals surface area contributed by atoms with Crippen molar-refractivity contribution in [3.63, 3.8) is 0 Å². The second-order valence-corrected chi connectivity index (χ2v) is 11.9. The number of hydrogen-bond donors (Lipinski definition) is 4. The average molecular weight is 617 g/mol. The molecule has 3 heterocycles. The van der Waals surface area contributed by atoms with Crippen LogP contribution in [0.3, 0.4) is 0 Å². The van der Waals surface area contributed by atoms with Crippen LogP contribution in [0.1, 0.15) is 44.4 Å². The molecule has 4 N–H and O–H groups in total. The summed E-state index contributed by atoms with van der Waals surface area (Å²) in [5.41, 5.74) is 0.522. The van der Waals surface area contributed by atoms with Crippen LogP contribution in [-0.4, -0.2) is 55.3 Å². The summed E-state index contributed by atoms with van der Waals surface area (Å²) in [5.74, 6) is -0.771. The van der Waals surface area contributed by atoms with E-state index >= 15 is 0 Å². The Morgan fingerprint density at radius 2 is 2.00 bits per heavy atom. The molecule has 2 aromatic carbocycles. The molecule has 1 fully saturated rings. The van der Waals surface area contributed by atoms with Gasteiger partial charge in [-0.05, 0) is 35.6 Å². The van der Waals surface area contributed by atoms with Gasteiger partial charge in [0.1, 0.15) is 35.2 Å². The summed E-state index contributed by atoms with van der Waals surface area (Å²) in [6.07, 6.45) is 2.35. The lowest BCUT2D eigenvalue weighted by Gasteiger charge is -2.36. The van der Waals surface area contributed by atoms with E-state index in [4.69, 9.17) is 26.2 Å². The van der Waals surface area contributed by atoms with Crippen molar-refractivity contribution in [2.45, 2.75) is 44.6 Å². The predicted octanol–water partition coefficient (Wildman–Crippen LogP) is 5.03. The van der Waals surface area contributed by atoms with E-state index in [1.165, 1.54) is 19.2 Å². The van der Waals surface area contributed by atoms with Crippen LogP contribution in [0.2, 0.25) is 5.02 Å². The van der Waals surface area contributed by atoms with E-state index in [0.29, 0.717) is 53.5 Å². The molecule has 1 saturated heterocycles. The van der Waals surface area contributed by atoms with E-state index in [2.05, 4.69) is 41.7 Å². The molecule has 9 nitrogen and oxygen atoms in total. The standard InChI is InChI=1S/C21H22ClF2N3O.C10H13NO4/c1-20(2,3)8-16-21(18-15(27-19(21)28)7-11(23)9-26-18)13(10-25-16)12-5-4-6-14(22)17(12)24;1-14-10-6-8(15-5-4-12)2-3-9(10)11-7-13/h4-7,9,13,16,25H,8,10H2,1-3H3,(H,27,28);2-3,6-7,12H,4-5H2,1H3,(H,11,13)/t13?,16?,21-;/m0./s1. The van der Waals surface area contributed by atoms with Crippen LogP contribution in [0.25, 0.3) is 0 Å². The van der Waals surface area contributed by atoms with Crippen LogP contribution < -0.4 is 25.4 Å². The third-order valence-electron chi connectivity index (χ3n) is 7.46. The van der Waals surface area contributed by atoms with Gasteiger partial charge in [-0.1, -0.05) is 44.5 Å². The number of aliphatic hydroxyl groups excluding tert-OH is 1. The van der Waals surface area contributed by atoms with Crippen molar-refractivity contribution in [3.8, 4) is 11.5 Å². The molecule has 0 aliphatic carbocycles. The molecular formula is C31H35ClF2N4O5. The van der Waals surface area contributed by atoms with Gasteiger partial charge in [0.2, 0.25) is 12.3 Å². The van der Waals surface area contributed by atoms with Gasteiger partial charge in [-0.2, -0.15) is 0 Å². The highest BCUT2D eigenvalue weighted by Crippen LogP contribution is 2.54. The number of carbonyl (C=O) groups is 2. The molecule has 43 heavy (non-hydrogen) atoms. The number of pyridine rings is 1. The van der Waals surface area contributed by atoms with Crippen molar-refractivity contribution in [1.29, 1.82) is 0 Å². The minimum Gasteiger partial charge on any atom is -0.494 e. The fourth-order valence-corrected chi connectivity index (χ4v) is 5.95. The van der Waals surface area contributed by atoms with Gasteiger partial charge in [-0.25, -0.2) is 8.78 Å². The van der Waals surface area contributed by atoms with E-state index < -0.39 is 23.0 Å². The topological polar surface area (TPSA) is 122 Å². The maximum Gasteiger partial charge on any atom is 0.239 e. The molecule has 0 bridgehead atoms. The zero-order valence-electron chi connectivity index (χ0n) is 24.3. The highest BCUT2D eigenvalue weighted by atomic mass is 35.5. The van der Waals surface area contributed by atoms with Gasteiger partial charge in [0, 0.05) is 30.6 Å². The maximum atomic E-state index is 15.0. The predicted molar refractivity (Wildman–Crippen MR) is 160 cm³/mol. The van der Waals surface area contributed by atoms with Crippen LogP contribution >= 0.6 is 11.6 Å². The summed E-state index contributed by atoms with van der Waals surface area (Å²) in [6, 6.07) is 10.8. The third-order valence-corrected chi connectivity index (χ3v) is 7.75. The van der Waals surface area contributed by atoms with Gasteiger partial charge in [-0.3, -0.25) is 14.6 Å². The van der Waals surface area contributed by atoms with Crippen LogP contribution in [0, 0.1) is 17.0 Å². The van der Waals surface area contributed by atoms with Crippen LogP contribution in [0.5, 0.6) is 11.5 Å². The number of halogens is 3. The summed E-state index contributed by atoms with van der Waals surface area (Å²) < 4.78 is 39.0. The van der Waals surface area contributed by atoms with Crippen LogP contribution in [0.15, 0.2) is 48.7 Å². The second-order valence-electron chi connectivity index (χ2n) is 11.5. The number of carbonyl (C=O) groups excluding carboxylic acids is 2. The maximum absolute atomic E-state index is 15.0. The Labute approximate surface area is 253 Å². The largest absolute Gasteiger partial charge is 0.494 e. The highest BCUT2D eigenvalue weighted by molar-refractivity contribution is 6.30. The van der Waals surface area contributed by atoms with E-state index in [9.17, 15) is 18.4 Å². The molecule has 2 aliphatic heterocycles. The third kappa shape index (κ3) is 6.58. The zero-order valence-corrected chi connectivity index (χ0v) is 25.1. The summed E-state index contributed by atoms with van der Waals surface area (Å²) in [5, 5.41) is 17.3. The molecule has 1 aromatic heterocycles. The summed E-state index contributed by atoms with van der Waals surface area (Å²) in [7, 11) is 1.50. The summed E-state index contributed by atoms with van der Waals surface area (Å²) >= 11 is 6.03. The van der Waals surface area contributed by atoms with Gasteiger partial charge in [0.15, 0.2) is 0 Å². The lowest BCUT2D eigenvalue weighted by atomic mass is 9.65. The summed E-state index contributed by atoms with van der Waals surface area (Å²) in [6.45, 7) is 6.83.